The van der Waals surface area contributed by atoms with E-state index in [0.717, 1.165) is 6.42 Å². The molecule has 1 amide bonds. The number of thioether (sulfide) groups is 1. The summed E-state index contributed by atoms with van der Waals surface area (Å²) in [5, 5.41) is 3.66. The third-order valence-corrected chi connectivity index (χ3v) is 4.71. The third-order valence-electron chi connectivity index (χ3n) is 3.56. The van der Waals surface area contributed by atoms with Gasteiger partial charge in [-0.1, -0.05) is 23.9 Å². The number of carbonyl (C=O) groups excluding carboxylic acids is 1. The Labute approximate surface area is 145 Å². The monoisotopic (exact) mass is 349 g/mol. The fourth-order valence-electron chi connectivity index (χ4n) is 2.19. The average Bonchev–Trinajstić information content (AvgIpc) is 2.59. The van der Waals surface area contributed by atoms with Gasteiger partial charge in [0.25, 0.3) is 5.56 Å². The van der Waals surface area contributed by atoms with Crippen LogP contribution in [0.4, 0.5) is 0 Å². The van der Waals surface area contributed by atoms with Gasteiger partial charge in [-0.3, -0.25) is 14.2 Å². The maximum absolute atomic E-state index is 12.4. The molecular formula is C17H23N3O3S. The van der Waals surface area contributed by atoms with E-state index in [-0.39, 0.29) is 16.7 Å². The predicted octanol–water partition coefficient (Wildman–Crippen LogP) is 1.96. The van der Waals surface area contributed by atoms with Crippen LogP contribution in [0.1, 0.15) is 20.3 Å². The first-order chi connectivity index (χ1) is 11.5. The van der Waals surface area contributed by atoms with Gasteiger partial charge in [0.15, 0.2) is 5.16 Å². The molecular weight excluding hydrogens is 326 g/mol. The van der Waals surface area contributed by atoms with Crippen molar-refractivity contribution in [1.29, 1.82) is 0 Å². The van der Waals surface area contributed by atoms with Gasteiger partial charge < -0.3 is 10.1 Å². The number of fused-ring (bicyclic) bond motifs is 1. The quantitative estimate of drug-likeness (QED) is 0.448. The second-order valence-corrected chi connectivity index (χ2v) is 6.69. The lowest BCUT2D eigenvalue weighted by Gasteiger charge is -2.14. The molecule has 0 saturated heterocycles. The molecule has 0 fully saturated rings. The number of nitrogens with zero attached hydrogens (tertiary/aromatic N) is 2. The number of carbonyl (C=O) groups is 1. The van der Waals surface area contributed by atoms with Crippen LogP contribution in [-0.2, 0) is 16.6 Å². The minimum absolute atomic E-state index is 0.0705. The number of para-hydroxylation sites is 1. The Balaban J connectivity index is 2.02. The summed E-state index contributed by atoms with van der Waals surface area (Å²) in [7, 11) is 1.68. The molecule has 1 heterocycles. The van der Waals surface area contributed by atoms with E-state index in [0.29, 0.717) is 35.8 Å². The second-order valence-electron chi connectivity index (χ2n) is 5.38. The number of aromatic nitrogens is 2. The van der Waals surface area contributed by atoms with Crippen molar-refractivity contribution >= 4 is 28.6 Å². The summed E-state index contributed by atoms with van der Waals surface area (Å²) in [5.41, 5.74) is 0.542. The molecule has 6 nitrogen and oxygen atoms in total. The van der Waals surface area contributed by atoms with E-state index in [1.165, 1.54) is 16.3 Å². The molecule has 1 N–H and O–H groups in total. The van der Waals surface area contributed by atoms with Crippen molar-refractivity contribution in [2.75, 3.05) is 19.8 Å². The van der Waals surface area contributed by atoms with Gasteiger partial charge in [0.05, 0.1) is 16.2 Å². The number of rotatable bonds is 8. The van der Waals surface area contributed by atoms with E-state index in [4.69, 9.17) is 4.74 Å². The molecule has 0 aliphatic carbocycles. The standard InChI is InChI=1S/C17H23N3O3S/c1-4-23-11-7-10-18-15(21)12(2)24-17-19-14-9-6-5-8-13(14)16(22)20(17)3/h5-6,8-9,12H,4,7,10-11H2,1-3H3,(H,18,21). The Morgan fingerprint density at radius 1 is 1.42 bits per heavy atom. The molecule has 0 aliphatic rings. The molecule has 1 aromatic carbocycles. The highest BCUT2D eigenvalue weighted by Crippen LogP contribution is 2.21. The molecule has 0 aliphatic heterocycles. The van der Waals surface area contributed by atoms with Gasteiger partial charge >= 0.3 is 0 Å². The Hall–Kier alpha value is -1.86. The Kier molecular flexibility index (Phi) is 6.81. The van der Waals surface area contributed by atoms with Crippen molar-refractivity contribution in [2.24, 2.45) is 7.05 Å². The van der Waals surface area contributed by atoms with Crippen LogP contribution in [-0.4, -0.2) is 40.5 Å². The summed E-state index contributed by atoms with van der Waals surface area (Å²) in [6.07, 6.45) is 0.781. The molecule has 7 heteroatoms. The normalized spacial score (nSPS) is 12.3. The fourth-order valence-corrected chi connectivity index (χ4v) is 3.09. The van der Waals surface area contributed by atoms with Crippen LogP contribution >= 0.6 is 11.8 Å². The lowest BCUT2D eigenvalue weighted by Crippen LogP contribution is -2.32. The van der Waals surface area contributed by atoms with Crippen LogP contribution in [0.3, 0.4) is 0 Å². The van der Waals surface area contributed by atoms with E-state index in [1.54, 1.807) is 19.2 Å². The third kappa shape index (κ3) is 4.58. The first-order valence-corrected chi connectivity index (χ1v) is 8.90. The van der Waals surface area contributed by atoms with E-state index in [9.17, 15) is 9.59 Å². The summed E-state index contributed by atoms with van der Waals surface area (Å²) in [4.78, 5) is 29.0. The van der Waals surface area contributed by atoms with Gasteiger partial charge in [0.1, 0.15) is 0 Å². The summed E-state index contributed by atoms with van der Waals surface area (Å²) >= 11 is 1.28. The molecule has 0 radical (unpaired) electrons. The number of amides is 1. The zero-order valence-electron chi connectivity index (χ0n) is 14.2. The summed E-state index contributed by atoms with van der Waals surface area (Å²) in [6, 6.07) is 7.22. The van der Waals surface area contributed by atoms with E-state index < -0.39 is 0 Å². The van der Waals surface area contributed by atoms with Crippen LogP contribution in [0.15, 0.2) is 34.2 Å². The van der Waals surface area contributed by atoms with Gasteiger partial charge in [0.2, 0.25) is 5.91 Å². The zero-order chi connectivity index (χ0) is 17.5. The highest BCUT2D eigenvalue weighted by atomic mass is 32.2. The number of hydrogen-bond donors (Lipinski definition) is 1. The van der Waals surface area contributed by atoms with Crippen LogP contribution < -0.4 is 10.9 Å². The highest BCUT2D eigenvalue weighted by Gasteiger charge is 2.17. The Morgan fingerprint density at radius 3 is 2.92 bits per heavy atom. The van der Waals surface area contributed by atoms with Crippen LogP contribution in [0, 0.1) is 0 Å². The maximum atomic E-state index is 12.4. The predicted molar refractivity (Wildman–Crippen MR) is 96.4 cm³/mol. The van der Waals surface area contributed by atoms with Gasteiger partial charge in [-0.15, -0.1) is 0 Å². The van der Waals surface area contributed by atoms with Crippen LogP contribution in [0.5, 0.6) is 0 Å². The Morgan fingerprint density at radius 2 is 2.17 bits per heavy atom. The Bertz CT molecular complexity index is 760. The molecule has 2 aromatic rings. The SMILES string of the molecule is CCOCCCNC(=O)C(C)Sc1nc2ccccc2c(=O)n1C. The molecule has 1 unspecified atom stereocenters. The number of ether oxygens (including phenoxy) is 1. The molecule has 0 bridgehead atoms. The molecule has 130 valence electrons. The molecule has 0 saturated carbocycles. The largest absolute Gasteiger partial charge is 0.382 e. The summed E-state index contributed by atoms with van der Waals surface area (Å²) < 4.78 is 6.73. The van der Waals surface area contributed by atoms with Gasteiger partial charge in [0, 0.05) is 26.8 Å². The highest BCUT2D eigenvalue weighted by molar-refractivity contribution is 8.00. The van der Waals surface area contributed by atoms with Crippen molar-refractivity contribution in [2.45, 2.75) is 30.7 Å². The van der Waals surface area contributed by atoms with Crippen molar-refractivity contribution in [3.05, 3.63) is 34.6 Å². The first kappa shape index (κ1) is 18.5. The fraction of sp³-hybridized carbons (Fsp3) is 0.471. The van der Waals surface area contributed by atoms with Gasteiger partial charge in [-0.2, -0.15) is 0 Å². The van der Waals surface area contributed by atoms with Gasteiger partial charge in [-0.25, -0.2) is 4.98 Å². The van der Waals surface area contributed by atoms with Crippen LogP contribution in [0.2, 0.25) is 0 Å². The number of benzene rings is 1. The van der Waals surface area contributed by atoms with Crippen molar-refractivity contribution in [3.8, 4) is 0 Å². The average molecular weight is 349 g/mol. The maximum Gasteiger partial charge on any atom is 0.261 e. The number of nitrogens with one attached hydrogen (secondary N) is 1. The van der Waals surface area contributed by atoms with E-state index in [1.807, 2.05) is 26.0 Å². The molecule has 1 atom stereocenters. The second kappa shape index (κ2) is 8.84. The lowest BCUT2D eigenvalue weighted by molar-refractivity contribution is -0.120. The first-order valence-electron chi connectivity index (χ1n) is 8.02. The van der Waals surface area contributed by atoms with Crippen LogP contribution in [0.25, 0.3) is 10.9 Å². The van der Waals surface area contributed by atoms with Gasteiger partial charge in [-0.05, 0) is 32.4 Å². The molecule has 1 aromatic heterocycles. The van der Waals surface area contributed by atoms with E-state index in [2.05, 4.69) is 10.3 Å². The molecule has 2 rings (SSSR count). The minimum Gasteiger partial charge on any atom is -0.382 e. The van der Waals surface area contributed by atoms with Crippen molar-refractivity contribution in [1.82, 2.24) is 14.9 Å². The van der Waals surface area contributed by atoms with Crippen molar-refractivity contribution < 1.29 is 9.53 Å². The molecule has 24 heavy (non-hydrogen) atoms. The topological polar surface area (TPSA) is 73.2 Å². The minimum atomic E-state index is -0.337. The molecule has 0 spiro atoms. The smallest absolute Gasteiger partial charge is 0.261 e. The van der Waals surface area contributed by atoms with Crippen molar-refractivity contribution in [3.63, 3.8) is 0 Å². The zero-order valence-corrected chi connectivity index (χ0v) is 15.1. The number of hydrogen-bond acceptors (Lipinski definition) is 5. The lowest BCUT2D eigenvalue weighted by atomic mass is 10.2. The summed E-state index contributed by atoms with van der Waals surface area (Å²) in [5.74, 6) is -0.0705. The summed E-state index contributed by atoms with van der Waals surface area (Å²) in [6.45, 7) is 5.65. The van der Waals surface area contributed by atoms with E-state index >= 15 is 0 Å².